The number of amides is 1. The zero-order valence-corrected chi connectivity index (χ0v) is 14.8. The van der Waals surface area contributed by atoms with Crippen molar-refractivity contribution in [3.63, 3.8) is 0 Å². The van der Waals surface area contributed by atoms with E-state index >= 15 is 0 Å². The van der Waals surface area contributed by atoms with Crippen LogP contribution in [0, 0.1) is 0 Å². The number of nitrogens with zero attached hydrogens (tertiary/aromatic N) is 2. The molecule has 3 aromatic rings. The van der Waals surface area contributed by atoms with Gasteiger partial charge in [-0.05, 0) is 30.3 Å². The van der Waals surface area contributed by atoms with Crippen molar-refractivity contribution in [2.45, 2.75) is 5.16 Å². The Morgan fingerprint density at radius 2 is 2.08 bits per heavy atom. The fraction of sp³-hybridized carbons (Fsp3) is 0.118. The monoisotopic (exact) mass is 375 g/mol. The fourth-order valence-electron chi connectivity index (χ4n) is 2.40. The van der Waals surface area contributed by atoms with Crippen molar-refractivity contribution in [1.29, 1.82) is 0 Å². The largest absolute Gasteiger partial charge is 0.495 e. The van der Waals surface area contributed by atoms with Crippen LogP contribution < -0.4 is 16.0 Å². The summed E-state index contributed by atoms with van der Waals surface area (Å²) < 4.78 is 6.78. The predicted molar refractivity (Wildman–Crippen MR) is 98.8 cm³/mol. The molecule has 0 spiro atoms. The van der Waals surface area contributed by atoms with Crippen LogP contribution in [0.25, 0.3) is 16.6 Å². The van der Waals surface area contributed by atoms with Crippen LogP contribution in [0.4, 0.5) is 0 Å². The molecule has 3 rings (SSSR count). The molecule has 2 N–H and O–H groups in total. The number of para-hydroxylation sites is 2. The van der Waals surface area contributed by atoms with E-state index in [0.29, 0.717) is 32.5 Å². The van der Waals surface area contributed by atoms with Gasteiger partial charge in [-0.3, -0.25) is 14.2 Å². The molecular weight excluding hydrogens is 362 g/mol. The summed E-state index contributed by atoms with van der Waals surface area (Å²) in [6, 6.07) is 12.0. The molecule has 2 aromatic carbocycles. The van der Waals surface area contributed by atoms with Crippen molar-refractivity contribution in [2.24, 2.45) is 5.73 Å². The summed E-state index contributed by atoms with van der Waals surface area (Å²) in [6.07, 6.45) is 0. The van der Waals surface area contributed by atoms with Gasteiger partial charge in [0.05, 0.1) is 29.5 Å². The van der Waals surface area contributed by atoms with E-state index in [1.54, 1.807) is 42.5 Å². The van der Waals surface area contributed by atoms with Crippen molar-refractivity contribution in [1.82, 2.24) is 9.55 Å². The Morgan fingerprint density at radius 3 is 2.80 bits per heavy atom. The molecule has 0 saturated heterocycles. The summed E-state index contributed by atoms with van der Waals surface area (Å²) in [5, 5.41) is 1.22. The van der Waals surface area contributed by atoms with Gasteiger partial charge in [0, 0.05) is 5.02 Å². The van der Waals surface area contributed by atoms with Crippen LogP contribution in [0.5, 0.6) is 5.75 Å². The van der Waals surface area contributed by atoms with Crippen LogP contribution in [0.2, 0.25) is 5.02 Å². The highest BCUT2D eigenvalue weighted by atomic mass is 35.5. The molecule has 1 heterocycles. The third kappa shape index (κ3) is 3.47. The lowest BCUT2D eigenvalue weighted by molar-refractivity contribution is -0.115. The molecule has 25 heavy (non-hydrogen) atoms. The molecule has 0 unspecified atom stereocenters. The van der Waals surface area contributed by atoms with E-state index in [2.05, 4.69) is 4.98 Å². The molecule has 0 bridgehead atoms. The predicted octanol–water partition coefficient (Wildman–Crippen LogP) is 2.63. The molecule has 6 nitrogen and oxygen atoms in total. The number of benzene rings is 2. The maximum absolute atomic E-state index is 13.1. The minimum atomic E-state index is -0.503. The Morgan fingerprint density at radius 1 is 1.32 bits per heavy atom. The lowest BCUT2D eigenvalue weighted by atomic mass is 10.2. The second-order valence-corrected chi connectivity index (χ2v) is 6.50. The number of aromatic nitrogens is 2. The average molecular weight is 376 g/mol. The Balaban J connectivity index is 2.32. The second-order valence-electron chi connectivity index (χ2n) is 5.12. The molecule has 0 atom stereocenters. The molecule has 0 aliphatic rings. The molecule has 0 aliphatic carbocycles. The Bertz CT molecular complexity index is 1020. The third-order valence-electron chi connectivity index (χ3n) is 3.47. The molecular formula is C17H14ClN3O3S. The van der Waals surface area contributed by atoms with E-state index in [1.165, 1.54) is 11.7 Å². The topological polar surface area (TPSA) is 87.2 Å². The van der Waals surface area contributed by atoms with Crippen molar-refractivity contribution >= 4 is 40.2 Å². The lowest BCUT2D eigenvalue weighted by Crippen LogP contribution is -2.23. The number of ether oxygens (including phenoxy) is 1. The van der Waals surface area contributed by atoms with Crippen molar-refractivity contribution in [3.8, 4) is 11.4 Å². The van der Waals surface area contributed by atoms with Crippen LogP contribution in [0.3, 0.4) is 0 Å². The first kappa shape index (κ1) is 17.3. The minimum Gasteiger partial charge on any atom is -0.495 e. The fourth-order valence-corrected chi connectivity index (χ4v) is 3.31. The number of primary amides is 1. The highest BCUT2D eigenvalue weighted by molar-refractivity contribution is 7.99. The summed E-state index contributed by atoms with van der Waals surface area (Å²) >= 11 is 7.09. The number of rotatable bonds is 5. The van der Waals surface area contributed by atoms with Crippen LogP contribution in [-0.2, 0) is 4.79 Å². The van der Waals surface area contributed by atoms with Crippen molar-refractivity contribution in [3.05, 3.63) is 57.8 Å². The highest BCUT2D eigenvalue weighted by Crippen LogP contribution is 2.27. The van der Waals surface area contributed by atoms with Gasteiger partial charge in [-0.1, -0.05) is 35.5 Å². The van der Waals surface area contributed by atoms with Gasteiger partial charge in [-0.25, -0.2) is 4.98 Å². The number of thioether (sulfide) groups is 1. The standard InChI is InChI=1S/C17H14ClN3O3S/c1-24-14-5-3-2-4-13(14)21-16(23)11-7-6-10(18)8-12(11)20-17(21)25-9-15(19)22/h2-8H,9H2,1H3,(H2,19,22). The van der Waals surface area contributed by atoms with Gasteiger partial charge in [0.25, 0.3) is 5.56 Å². The highest BCUT2D eigenvalue weighted by Gasteiger charge is 2.17. The maximum Gasteiger partial charge on any atom is 0.266 e. The van der Waals surface area contributed by atoms with Gasteiger partial charge in [0.1, 0.15) is 5.75 Å². The van der Waals surface area contributed by atoms with E-state index in [0.717, 1.165) is 11.8 Å². The van der Waals surface area contributed by atoms with E-state index in [1.807, 2.05) is 0 Å². The normalized spacial score (nSPS) is 10.8. The summed E-state index contributed by atoms with van der Waals surface area (Å²) in [5.41, 5.74) is 5.95. The van der Waals surface area contributed by atoms with E-state index in [9.17, 15) is 9.59 Å². The zero-order chi connectivity index (χ0) is 18.0. The molecule has 0 saturated carbocycles. The zero-order valence-electron chi connectivity index (χ0n) is 13.2. The Labute approximate surface area is 152 Å². The molecule has 0 radical (unpaired) electrons. The molecule has 8 heteroatoms. The first-order valence-corrected chi connectivity index (χ1v) is 8.64. The van der Waals surface area contributed by atoms with Gasteiger partial charge in [-0.2, -0.15) is 0 Å². The summed E-state index contributed by atoms with van der Waals surface area (Å²) in [6.45, 7) is 0. The maximum atomic E-state index is 13.1. The van der Waals surface area contributed by atoms with Crippen LogP contribution in [-0.4, -0.2) is 28.3 Å². The van der Waals surface area contributed by atoms with E-state index in [4.69, 9.17) is 22.1 Å². The van der Waals surface area contributed by atoms with Crippen molar-refractivity contribution < 1.29 is 9.53 Å². The molecule has 1 aromatic heterocycles. The van der Waals surface area contributed by atoms with Gasteiger partial charge >= 0.3 is 0 Å². The summed E-state index contributed by atoms with van der Waals surface area (Å²) in [5.74, 6) is 0.00543. The SMILES string of the molecule is COc1ccccc1-n1c(SCC(N)=O)nc2cc(Cl)ccc2c1=O. The number of carbonyl (C=O) groups is 1. The quantitative estimate of drug-likeness (QED) is 0.547. The summed E-state index contributed by atoms with van der Waals surface area (Å²) in [4.78, 5) is 28.8. The third-order valence-corrected chi connectivity index (χ3v) is 4.67. The first-order chi connectivity index (χ1) is 12.0. The van der Waals surface area contributed by atoms with Crippen LogP contribution in [0.1, 0.15) is 0 Å². The summed E-state index contributed by atoms with van der Waals surface area (Å²) in [7, 11) is 1.52. The van der Waals surface area contributed by atoms with E-state index in [-0.39, 0.29) is 11.3 Å². The Kier molecular flexibility index (Phi) is 4.96. The molecule has 0 aliphatic heterocycles. The van der Waals surface area contributed by atoms with Gasteiger partial charge in [0.2, 0.25) is 5.91 Å². The van der Waals surface area contributed by atoms with Gasteiger partial charge < -0.3 is 10.5 Å². The number of nitrogens with two attached hydrogens (primary N) is 1. The van der Waals surface area contributed by atoms with Gasteiger partial charge in [-0.15, -0.1) is 0 Å². The smallest absolute Gasteiger partial charge is 0.266 e. The number of hydrogen-bond donors (Lipinski definition) is 1. The first-order valence-electron chi connectivity index (χ1n) is 7.28. The van der Waals surface area contributed by atoms with Crippen molar-refractivity contribution in [2.75, 3.05) is 12.9 Å². The average Bonchev–Trinajstić information content (AvgIpc) is 2.59. The lowest BCUT2D eigenvalue weighted by Gasteiger charge is -2.15. The number of hydrogen-bond acceptors (Lipinski definition) is 5. The number of carbonyl (C=O) groups excluding carboxylic acids is 1. The van der Waals surface area contributed by atoms with Gasteiger partial charge in [0.15, 0.2) is 5.16 Å². The number of halogens is 1. The molecule has 0 fully saturated rings. The Hall–Kier alpha value is -2.51. The molecule has 1 amide bonds. The number of fused-ring (bicyclic) bond motifs is 1. The second kappa shape index (κ2) is 7.16. The van der Waals surface area contributed by atoms with Crippen LogP contribution in [0.15, 0.2) is 52.4 Å². The van der Waals surface area contributed by atoms with E-state index < -0.39 is 5.91 Å². The van der Waals surface area contributed by atoms with Crippen LogP contribution >= 0.6 is 23.4 Å². The minimum absolute atomic E-state index is 0.00629. The number of methoxy groups -OCH3 is 1. The molecule has 128 valence electrons.